The fourth-order valence-corrected chi connectivity index (χ4v) is 6.35. The van der Waals surface area contributed by atoms with E-state index in [1.54, 1.807) is 34.9 Å². The van der Waals surface area contributed by atoms with Crippen LogP contribution in [-0.2, 0) is 33.1 Å². The molecular formula is C37H43N3O5. The van der Waals surface area contributed by atoms with E-state index in [4.69, 9.17) is 0 Å². The van der Waals surface area contributed by atoms with Crippen molar-refractivity contribution in [3.8, 4) is 0 Å². The summed E-state index contributed by atoms with van der Waals surface area (Å²) in [6.07, 6.45) is 8.10. The molecule has 45 heavy (non-hydrogen) atoms. The van der Waals surface area contributed by atoms with Crippen molar-refractivity contribution in [2.45, 2.75) is 64.1 Å². The van der Waals surface area contributed by atoms with Crippen molar-refractivity contribution in [1.29, 1.82) is 0 Å². The number of benzene rings is 3. The summed E-state index contributed by atoms with van der Waals surface area (Å²) in [7, 11) is 0. The van der Waals surface area contributed by atoms with E-state index in [9.17, 15) is 24.6 Å². The van der Waals surface area contributed by atoms with Gasteiger partial charge >= 0.3 is 0 Å². The van der Waals surface area contributed by atoms with Gasteiger partial charge in [0.15, 0.2) is 5.60 Å². The number of hydrogen-bond acceptors (Lipinski definition) is 5. The lowest BCUT2D eigenvalue weighted by atomic mass is 9.83. The van der Waals surface area contributed by atoms with Crippen LogP contribution in [-0.4, -0.2) is 52.5 Å². The number of anilines is 2. The number of fused-ring (bicyclic) bond motifs is 1. The lowest BCUT2D eigenvalue weighted by Gasteiger charge is -2.28. The van der Waals surface area contributed by atoms with Crippen molar-refractivity contribution in [3.63, 3.8) is 0 Å². The predicted octanol–water partition coefficient (Wildman–Crippen LogP) is 5.32. The minimum absolute atomic E-state index is 0.0782. The molecule has 1 fully saturated rings. The first-order valence-electron chi connectivity index (χ1n) is 15.9. The number of hydrogen-bond donors (Lipinski definition) is 2. The van der Waals surface area contributed by atoms with Crippen LogP contribution in [0.3, 0.4) is 0 Å². The van der Waals surface area contributed by atoms with E-state index < -0.39 is 17.4 Å². The highest BCUT2D eigenvalue weighted by atomic mass is 16.3. The van der Waals surface area contributed by atoms with E-state index in [2.05, 4.69) is 0 Å². The standard InChI is InChI=1S/C37H43N3O5/c1-28(13-11-21-34(42)38(23-24-41)26-29-14-5-4-6-15-29)37(45)32-18-8-9-19-33(32)40(36(37)44)27-30-16-12-17-31(25-30)39-22-10-3-2-7-20-35(39)43/h4-6,8-9,11-19,25,28,41,45H,2-3,7,10,20-24,26-27H2,1H3/b13-11+/t28-,37+/m0/s1. The molecule has 2 N–H and O–H groups in total. The van der Waals surface area contributed by atoms with Gasteiger partial charge in [-0.25, -0.2) is 0 Å². The second-order valence-electron chi connectivity index (χ2n) is 12.0. The highest BCUT2D eigenvalue weighted by Crippen LogP contribution is 2.45. The van der Waals surface area contributed by atoms with Crippen LogP contribution in [0.2, 0.25) is 0 Å². The first kappa shape index (κ1) is 32.1. The number of aliphatic hydroxyl groups excluding tert-OH is 1. The summed E-state index contributed by atoms with van der Waals surface area (Å²) < 4.78 is 0. The summed E-state index contributed by atoms with van der Waals surface area (Å²) in [6.45, 7) is 3.18. The topological polar surface area (TPSA) is 101 Å². The Morgan fingerprint density at radius 3 is 2.49 bits per heavy atom. The van der Waals surface area contributed by atoms with E-state index in [0.717, 1.165) is 42.5 Å². The van der Waals surface area contributed by atoms with Crippen LogP contribution < -0.4 is 9.80 Å². The Balaban J connectivity index is 1.31. The van der Waals surface area contributed by atoms with Crippen molar-refractivity contribution in [2.75, 3.05) is 29.5 Å². The molecule has 8 heteroatoms. The largest absolute Gasteiger partial charge is 0.395 e. The van der Waals surface area contributed by atoms with Gasteiger partial charge in [0.1, 0.15) is 0 Å². The molecule has 2 atom stereocenters. The van der Waals surface area contributed by atoms with Crippen molar-refractivity contribution in [1.82, 2.24) is 4.90 Å². The maximum absolute atomic E-state index is 14.0. The van der Waals surface area contributed by atoms with Gasteiger partial charge < -0.3 is 24.9 Å². The van der Waals surface area contributed by atoms with Crippen molar-refractivity contribution >= 4 is 29.1 Å². The van der Waals surface area contributed by atoms with E-state index in [1.807, 2.05) is 77.7 Å². The van der Waals surface area contributed by atoms with E-state index in [0.29, 0.717) is 30.8 Å². The fraction of sp³-hybridized carbons (Fsp3) is 0.378. The molecule has 2 heterocycles. The normalized spacial score (nSPS) is 19.4. The maximum atomic E-state index is 14.0. The van der Waals surface area contributed by atoms with Crippen LogP contribution in [0.4, 0.5) is 11.4 Å². The fourth-order valence-electron chi connectivity index (χ4n) is 6.35. The molecular weight excluding hydrogens is 566 g/mol. The number of para-hydroxylation sites is 1. The zero-order valence-corrected chi connectivity index (χ0v) is 26.0. The molecule has 2 aliphatic rings. The summed E-state index contributed by atoms with van der Waals surface area (Å²) in [6, 6.07) is 24.6. The minimum Gasteiger partial charge on any atom is -0.395 e. The first-order chi connectivity index (χ1) is 21.8. The monoisotopic (exact) mass is 609 g/mol. The highest BCUT2D eigenvalue weighted by molar-refractivity contribution is 6.07. The number of nitrogens with zero attached hydrogens (tertiary/aromatic N) is 3. The zero-order valence-electron chi connectivity index (χ0n) is 26.0. The molecule has 2 aliphatic heterocycles. The molecule has 5 rings (SSSR count). The lowest BCUT2D eigenvalue weighted by Crippen LogP contribution is -2.44. The predicted molar refractivity (Wildman–Crippen MR) is 175 cm³/mol. The molecule has 0 unspecified atom stereocenters. The van der Waals surface area contributed by atoms with Gasteiger partial charge in [-0.2, -0.15) is 0 Å². The Hall–Kier alpha value is -4.27. The third-order valence-corrected chi connectivity index (χ3v) is 8.88. The number of rotatable bonds is 11. The number of carbonyl (C=O) groups excluding carboxylic acids is 3. The Morgan fingerprint density at radius 1 is 0.956 bits per heavy atom. The van der Waals surface area contributed by atoms with Crippen molar-refractivity contribution < 1.29 is 24.6 Å². The average molecular weight is 610 g/mol. The van der Waals surface area contributed by atoms with Gasteiger partial charge in [0.25, 0.3) is 5.91 Å². The third-order valence-electron chi connectivity index (χ3n) is 8.88. The molecule has 0 saturated carbocycles. The van der Waals surface area contributed by atoms with Gasteiger partial charge in [0, 0.05) is 49.6 Å². The van der Waals surface area contributed by atoms with Gasteiger partial charge in [-0.15, -0.1) is 0 Å². The summed E-state index contributed by atoms with van der Waals surface area (Å²) >= 11 is 0. The van der Waals surface area contributed by atoms with Gasteiger partial charge in [-0.3, -0.25) is 14.4 Å². The molecule has 0 aromatic heterocycles. The Bertz CT molecular complexity index is 1520. The van der Waals surface area contributed by atoms with Crippen LogP contribution >= 0.6 is 0 Å². The van der Waals surface area contributed by atoms with Crippen LogP contribution in [0, 0.1) is 5.92 Å². The zero-order chi connectivity index (χ0) is 31.8. The molecule has 3 aromatic carbocycles. The Morgan fingerprint density at radius 2 is 1.69 bits per heavy atom. The lowest BCUT2D eigenvalue weighted by molar-refractivity contribution is -0.139. The van der Waals surface area contributed by atoms with Crippen LogP contribution in [0.25, 0.3) is 0 Å². The minimum atomic E-state index is -1.80. The van der Waals surface area contributed by atoms with Gasteiger partial charge in [0.05, 0.1) is 18.8 Å². The Labute approximate surface area is 265 Å². The SMILES string of the molecule is C[C@@H](/C=C/CC(=O)N(CCO)Cc1ccccc1)[C@]1(O)C(=O)N(Cc2cccc(N3CCCCCCC3=O)c2)c2ccccc21. The molecule has 236 valence electrons. The number of amides is 3. The van der Waals surface area contributed by atoms with Crippen LogP contribution in [0.5, 0.6) is 0 Å². The smallest absolute Gasteiger partial charge is 0.264 e. The summed E-state index contributed by atoms with van der Waals surface area (Å²) in [5.41, 5.74) is 2.04. The molecule has 8 nitrogen and oxygen atoms in total. The molecule has 0 aliphatic carbocycles. The van der Waals surface area contributed by atoms with Gasteiger partial charge in [-0.05, 0) is 42.2 Å². The molecule has 3 amide bonds. The average Bonchev–Trinajstić information content (AvgIpc) is 3.26. The number of carbonyl (C=O) groups is 3. The molecule has 3 aromatic rings. The number of aliphatic hydroxyl groups is 2. The van der Waals surface area contributed by atoms with Crippen molar-refractivity contribution in [3.05, 3.63) is 108 Å². The van der Waals surface area contributed by atoms with Crippen LogP contribution in [0.1, 0.15) is 62.1 Å². The van der Waals surface area contributed by atoms with E-state index >= 15 is 0 Å². The van der Waals surface area contributed by atoms with E-state index in [-0.39, 0.29) is 37.9 Å². The highest BCUT2D eigenvalue weighted by Gasteiger charge is 2.52. The summed E-state index contributed by atoms with van der Waals surface area (Å²) in [4.78, 5) is 45.0. The first-order valence-corrected chi connectivity index (χ1v) is 15.9. The second kappa shape index (κ2) is 14.7. The van der Waals surface area contributed by atoms with Crippen LogP contribution in [0.15, 0.2) is 91.0 Å². The maximum Gasteiger partial charge on any atom is 0.264 e. The molecule has 1 saturated heterocycles. The van der Waals surface area contributed by atoms with Crippen molar-refractivity contribution in [2.24, 2.45) is 5.92 Å². The second-order valence-corrected chi connectivity index (χ2v) is 12.0. The van der Waals surface area contributed by atoms with E-state index in [1.165, 1.54) is 0 Å². The summed E-state index contributed by atoms with van der Waals surface area (Å²) in [5, 5.41) is 21.5. The molecule has 0 bridgehead atoms. The molecule has 0 radical (unpaired) electrons. The third kappa shape index (κ3) is 7.18. The Kier molecular flexibility index (Phi) is 10.5. The van der Waals surface area contributed by atoms with Gasteiger partial charge in [0.2, 0.25) is 11.8 Å². The molecule has 0 spiro atoms. The summed E-state index contributed by atoms with van der Waals surface area (Å²) in [5.74, 6) is -1.07. The van der Waals surface area contributed by atoms with Gasteiger partial charge in [-0.1, -0.05) is 92.6 Å². The quantitative estimate of drug-likeness (QED) is 0.287.